The number of hydrogen-bond donors (Lipinski definition) is 0. The van der Waals surface area contributed by atoms with Crippen LogP contribution in [0.2, 0.25) is 0 Å². The number of anilines is 1. The van der Waals surface area contributed by atoms with Gasteiger partial charge in [-0.15, -0.1) is 0 Å². The number of ether oxygens (including phenoxy) is 2. The lowest BCUT2D eigenvalue weighted by Gasteiger charge is -2.36. The summed E-state index contributed by atoms with van der Waals surface area (Å²) in [7, 11) is 0. The normalized spacial score (nSPS) is 16.9. The van der Waals surface area contributed by atoms with Crippen LogP contribution in [0.4, 0.5) is 5.69 Å². The predicted molar refractivity (Wildman–Crippen MR) is 179 cm³/mol. The standard InChI is InChI=1S/C39H46N2O4/c1-27(44-38(2,3)4)35(37(43)45-39(5,6)7)41-26-32-25-33(19-20-34(32)36(41)42)40-23-21-31(22-24-40)30-17-15-29(16-18-30)14-13-28-11-9-8-10-12-28/h8-12,15-20,25,27,31,35H,21-24,26H2,1-7H3/t27-,35+/m1/s1. The molecule has 3 aromatic carbocycles. The second kappa shape index (κ2) is 13.1. The second-order valence-electron chi connectivity index (χ2n) is 14.2. The minimum Gasteiger partial charge on any atom is -0.458 e. The van der Waals surface area contributed by atoms with Gasteiger partial charge in [0.2, 0.25) is 0 Å². The fraction of sp³-hybridized carbons (Fsp3) is 0.436. The third kappa shape index (κ3) is 8.15. The Hall–Kier alpha value is -4.08. The molecular weight excluding hydrogens is 560 g/mol. The molecule has 3 aromatic rings. The highest BCUT2D eigenvalue weighted by atomic mass is 16.6. The molecule has 0 saturated carbocycles. The van der Waals surface area contributed by atoms with Gasteiger partial charge in [0.05, 0.1) is 11.7 Å². The average Bonchev–Trinajstić information content (AvgIpc) is 3.30. The van der Waals surface area contributed by atoms with E-state index in [-0.39, 0.29) is 5.91 Å². The molecule has 0 aromatic heterocycles. The molecule has 2 atom stereocenters. The summed E-state index contributed by atoms with van der Waals surface area (Å²) in [5.74, 6) is 6.40. The molecule has 2 heterocycles. The van der Waals surface area contributed by atoms with Crippen LogP contribution < -0.4 is 4.90 Å². The summed E-state index contributed by atoms with van der Waals surface area (Å²) in [6.07, 6.45) is 1.57. The number of hydrogen-bond acceptors (Lipinski definition) is 5. The average molecular weight is 607 g/mol. The molecule has 236 valence electrons. The van der Waals surface area contributed by atoms with Crippen molar-refractivity contribution in [2.24, 2.45) is 0 Å². The summed E-state index contributed by atoms with van der Waals surface area (Å²) in [6.45, 7) is 15.4. The van der Waals surface area contributed by atoms with Crippen LogP contribution in [0.25, 0.3) is 0 Å². The highest BCUT2D eigenvalue weighted by molar-refractivity contribution is 6.01. The maximum absolute atomic E-state index is 13.6. The van der Waals surface area contributed by atoms with Gasteiger partial charge in [-0.05, 0) is 121 Å². The lowest BCUT2D eigenvalue weighted by molar-refractivity contribution is -0.170. The summed E-state index contributed by atoms with van der Waals surface area (Å²) in [4.78, 5) is 31.1. The Bertz CT molecular complexity index is 1560. The molecule has 6 nitrogen and oxygen atoms in total. The summed E-state index contributed by atoms with van der Waals surface area (Å²) in [6, 6.07) is 24.0. The first kappa shape index (κ1) is 32.3. The highest BCUT2D eigenvalue weighted by Crippen LogP contribution is 2.35. The summed E-state index contributed by atoms with van der Waals surface area (Å²) < 4.78 is 12.0. The van der Waals surface area contributed by atoms with Gasteiger partial charge in [-0.2, -0.15) is 0 Å². The Labute approximate surface area is 268 Å². The van der Waals surface area contributed by atoms with Crippen molar-refractivity contribution < 1.29 is 19.1 Å². The molecule has 6 heteroatoms. The second-order valence-corrected chi connectivity index (χ2v) is 14.2. The molecular formula is C39H46N2O4. The van der Waals surface area contributed by atoms with E-state index in [0.29, 0.717) is 18.0 Å². The number of nitrogens with zero attached hydrogens (tertiary/aromatic N) is 2. The Balaban J connectivity index is 1.24. The third-order valence-corrected chi connectivity index (χ3v) is 8.26. The highest BCUT2D eigenvalue weighted by Gasteiger charge is 2.43. The molecule has 1 saturated heterocycles. The fourth-order valence-electron chi connectivity index (χ4n) is 6.28. The molecule has 0 radical (unpaired) electrons. The summed E-state index contributed by atoms with van der Waals surface area (Å²) in [5, 5.41) is 0. The molecule has 2 aliphatic rings. The van der Waals surface area contributed by atoms with E-state index in [0.717, 1.165) is 48.3 Å². The first-order chi connectivity index (χ1) is 21.3. The van der Waals surface area contributed by atoms with E-state index >= 15 is 0 Å². The molecule has 1 amide bonds. The van der Waals surface area contributed by atoms with Gasteiger partial charge in [-0.3, -0.25) is 4.79 Å². The van der Waals surface area contributed by atoms with Gasteiger partial charge < -0.3 is 19.3 Å². The first-order valence-electron chi connectivity index (χ1n) is 16.0. The SMILES string of the molecule is C[C@@H](OC(C)(C)C)[C@@H](C(=O)OC(C)(C)C)N1Cc2cc(N3CCC(c4ccc(C#Cc5ccccc5)cc4)CC3)ccc2C1=O. The van der Waals surface area contributed by atoms with Gasteiger partial charge in [0.1, 0.15) is 5.60 Å². The molecule has 0 N–H and O–H groups in total. The van der Waals surface area contributed by atoms with E-state index in [9.17, 15) is 9.59 Å². The molecule has 0 spiro atoms. The fourth-order valence-corrected chi connectivity index (χ4v) is 6.28. The van der Waals surface area contributed by atoms with Crippen molar-refractivity contribution in [3.8, 4) is 11.8 Å². The van der Waals surface area contributed by atoms with Crippen LogP contribution in [0.15, 0.2) is 72.8 Å². The Kier molecular flexibility index (Phi) is 9.41. The largest absolute Gasteiger partial charge is 0.458 e. The Morgan fingerprint density at radius 2 is 1.47 bits per heavy atom. The number of carbonyl (C=O) groups is 2. The van der Waals surface area contributed by atoms with Gasteiger partial charge in [0, 0.05) is 42.0 Å². The monoisotopic (exact) mass is 606 g/mol. The molecule has 0 aliphatic carbocycles. The van der Waals surface area contributed by atoms with Crippen molar-refractivity contribution in [1.82, 2.24) is 4.90 Å². The van der Waals surface area contributed by atoms with E-state index in [1.165, 1.54) is 5.56 Å². The van der Waals surface area contributed by atoms with Crippen molar-refractivity contribution in [2.45, 2.75) is 97.1 Å². The van der Waals surface area contributed by atoms with Crippen LogP contribution in [-0.4, -0.2) is 53.2 Å². The lowest BCUT2D eigenvalue weighted by Crippen LogP contribution is -2.52. The number of piperidine rings is 1. The number of esters is 1. The lowest BCUT2D eigenvalue weighted by atomic mass is 9.88. The number of fused-ring (bicyclic) bond motifs is 1. The van der Waals surface area contributed by atoms with E-state index in [1.807, 2.05) is 90.9 Å². The van der Waals surface area contributed by atoms with Gasteiger partial charge in [0.25, 0.3) is 5.91 Å². The van der Waals surface area contributed by atoms with Crippen LogP contribution >= 0.6 is 0 Å². The number of benzene rings is 3. The molecule has 45 heavy (non-hydrogen) atoms. The van der Waals surface area contributed by atoms with E-state index < -0.39 is 29.3 Å². The van der Waals surface area contributed by atoms with Crippen LogP contribution in [0.3, 0.4) is 0 Å². The zero-order valence-corrected chi connectivity index (χ0v) is 27.7. The van der Waals surface area contributed by atoms with Crippen molar-refractivity contribution in [1.29, 1.82) is 0 Å². The van der Waals surface area contributed by atoms with E-state index in [4.69, 9.17) is 9.47 Å². The van der Waals surface area contributed by atoms with Gasteiger partial charge in [-0.1, -0.05) is 42.2 Å². The predicted octanol–water partition coefficient (Wildman–Crippen LogP) is 7.34. The summed E-state index contributed by atoms with van der Waals surface area (Å²) in [5.41, 5.74) is 4.93. The van der Waals surface area contributed by atoms with Crippen LogP contribution in [-0.2, 0) is 20.8 Å². The van der Waals surface area contributed by atoms with Crippen molar-refractivity contribution in [3.63, 3.8) is 0 Å². The maximum Gasteiger partial charge on any atom is 0.332 e. The minimum atomic E-state index is -0.849. The van der Waals surface area contributed by atoms with Crippen molar-refractivity contribution >= 4 is 17.6 Å². The summed E-state index contributed by atoms with van der Waals surface area (Å²) >= 11 is 0. The molecule has 0 unspecified atom stereocenters. The van der Waals surface area contributed by atoms with Gasteiger partial charge in [0.15, 0.2) is 6.04 Å². The third-order valence-electron chi connectivity index (χ3n) is 8.26. The first-order valence-corrected chi connectivity index (χ1v) is 16.0. The van der Waals surface area contributed by atoms with Crippen LogP contribution in [0.1, 0.15) is 99.8 Å². The van der Waals surface area contributed by atoms with Crippen LogP contribution in [0.5, 0.6) is 0 Å². The number of amides is 1. The van der Waals surface area contributed by atoms with E-state index in [1.54, 1.807) is 4.90 Å². The minimum absolute atomic E-state index is 0.160. The smallest absolute Gasteiger partial charge is 0.332 e. The van der Waals surface area contributed by atoms with Crippen LogP contribution in [0, 0.1) is 11.8 Å². The quantitative estimate of drug-likeness (QED) is 0.217. The number of carbonyl (C=O) groups excluding carboxylic acids is 2. The van der Waals surface area contributed by atoms with Gasteiger partial charge in [-0.25, -0.2) is 4.79 Å². The molecule has 2 aliphatic heterocycles. The molecule has 0 bridgehead atoms. The Morgan fingerprint density at radius 1 is 0.844 bits per heavy atom. The zero-order chi connectivity index (χ0) is 32.4. The van der Waals surface area contributed by atoms with E-state index in [2.05, 4.69) is 47.1 Å². The number of rotatable bonds is 6. The Morgan fingerprint density at radius 3 is 2.07 bits per heavy atom. The molecule has 5 rings (SSSR count). The zero-order valence-electron chi connectivity index (χ0n) is 27.7. The van der Waals surface area contributed by atoms with Gasteiger partial charge >= 0.3 is 5.97 Å². The maximum atomic E-state index is 13.6. The molecule has 1 fully saturated rings. The van der Waals surface area contributed by atoms with Crippen molar-refractivity contribution in [2.75, 3.05) is 18.0 Å². The topological polar surface area (TPSA) is 59.1 Å². The van der Waals surface area contributed by atoms with Crippen molar-refractivity contribution in [3.05, 3.63) is 101 Å².